The van der Waals surface area contributed by atoms with E-state index in [2.05, 4.69) is 5.32 Å². The first-order valence-electron chi connectivity index (χ1n) is 5.96. The molecule has 1 aromatic rings. The van der Waals surface area contributed by atoms with Crippen LogP contribution in [0.2, 0.25) is 0 Å². The van der Waals surface area contributed by atoms with Crippen molar-refractivity contribution in [2.24, 2.45) is 0 Å². The van der Waals surface area contributed by atoms with Gasteiger partial charge < -0.3 is 15.2 Å². The second-order valence-electron chi connectivity index (χ2n) is 3.97. The second-order valence-corrected chi connectivity index (χ2v) is 3.97. The van der Waals surface area contributed by atoms with E-state index in [-0.39, 0.29) is 19.1 Å². The van der Waals surface area contributed by atoms with E-state index in [9.17, 15) is 4.79 Å². The summed E-state index contributed by atoms with van der Waals surface area (Å²) in [5, 5.41) is 11.5. The smallest absolute Gasteiger partial charge is 0.234 e. The van der Waals surface area contributed by atoms with Crippen molar-refractivity contribution in [2.75, 3.05) is 39.9 Å². The van der Waals surface area contributed by atoms with Gasteiger partial charge in [-0.2, -0.15) is 0 Å². The van der Waals surface area contributed by atoms with E-state index in [1.807, 2.05) is 30.3 Å². The highest BCUT2D eigenvalue weighted by molar-refractivity contribution is 5.77. The van der Waals surface area contributed by atoms with Crippen LogP contribution in [-0.2, 0) is 4.79 Å². The Bertz CT molecular complexity index is 343. The molecule has 1 amide bonds. The lowest BCUT2D eigenvalue weighted by molar-refractivity contribution is -0.122. The van der Waals surface area contributed by atoms with Gasteiger partial charge in [0.25, 0.3) is 0 Å². The third-order valence-corrected chi connectivity index (χ3v) is 2.33. The molecule has 2 N–H and O–H groups in total. The fourth-order valence-electron chi connectivity index (χ4n) is 1.43. The van der Waals surface area contributed by atoms with Gasteiger partial charge in [0, 0.05) is 6.54 Å². The van der Waals surface area contributed by atoms with E-state index in [4.69, 9.17) is 9.84 Å². The lowest BCUT2D eigenvalue weighted by Gasteiger charge is -2.14. The molecule has 1 aromatic carbocycles. The van der Waals surface area contributed by atoms with Crippen molar-refractivity contribution in [3.8, 4) is 5.75 Å². The fraction of sp³-hybridized carbons (Fsp3) is 0.462. The summed E-state index contributed by atoms with van der Waals surface area (Å²) < 4.78 is 5.44. The van der Waals surface area contributed by atoms with Crippen LogP contribution in [0.15, 0.2) is 30.3 Å². The van der Waals surface area contributed by atoms with Crippen molar-refractivity contribution in [1.82, 2.24) is 10.2 Å². The highest BCUT2D eigenvalue weighted by Gasteiger charge is 2.04. The Labute approximate surface area is 107 Å². The molecule has 5 heteroatoms. The molecule has 0 radical (unpaired) electrons. The Hall–Kier alpha value is -1.59. The molecule has 0 aliphatic carbocycles. The predicted octanol–water partition coefficient (Wildman–Crippen LogP) is 0.106. The number of carbonyl (C=O) groups is 1. The van der Waals surface area contributed by atoms with Gasteiger partial charge in [-0.1, -0.05) is 18.2 Å². The number of nitrogens with zero attached hydrogens (tertiary/aromatic N) is 1. The number of para-hydroxylation sites is 1. The van der Waals surface area contributed by atoms with Gasteiger partial charge in [-0.25, -0.2) is 0 Å². The summed E-state index contributed by atoms with van der Waals surface area (Å²) >= 11 is 0. The molecular formula is C13H20N2O3. The van der Waals surface area contributed by atoms with Gasteiger partial charge in [-0.05, 0) is 19.2 Å². The second kappa shape index (κ2) is 8.49. The number of benzene rings is 1. The number of likely N-dealkylation sites (N-methyl/N-ethyl adjacent to an activating group) is 1. The van der Waals surface area contributed by atoms with Gasteiger partial charge in [0.15, 0.2) is 0 Å². The molecule has 0 heterocycles. The fourth-order valence-corrected chi connectivity index (χ4v) is 1.43. The molecule has 100 valence electrons. The van der Waals surface area contributed by atoms with Gasteiger partial charge in [-0.15, -0.1) is 0 Å². The first-order chi connectivity index (χ1) is 8.72. The predicted molar refractivity (Wildman–Crippen MR) is 69.5 cm³/mol. The van der Waals surface area contributed by atoms with E-state index >= 15 is 0 Å². The maximum atomic E-state index is 11.4. The number of rotatable bonds is 8. The Balaban J connectivity index is 2.09. The van der Waals surface area contributed by atoms with Gasteiger partial charge in [-0.3, -0.25) is 9.69 Å². The van der Waals surface area contributed by atoms with E-state index in [0.717, 1.165) is 5.75 Å². The van der Waals surface area contributed by atoms with E-state index in [1.54, 1.807) is 11.9 Å². The summed E-state index contributed by atoms with van der Waals surface area (Å²) in [7, 11) is 1.79. The quantitative estimate of drug-likeness (QED) is 0.644. The van der Waals surface area contributed by atoms with Crippen LogP contribution in [0, 0.1) is 0 Å². The number of aliphatic hydroxyl groups excluding tert-OH is 1. The van der Waals surface area contributed by atoms with Crippen molar-refractivity contribution < 1.29 is 14.6 Å². The average molecular weight is 252 g/mol. The minimum absolute atomic E-state index is 0.0564. The highest BCUT2D eigenvalue weighted by atomic mass is 16.5. The summed E-state index contributed by atoms with van der Waals surface area (Å²) in [4.78, 5) is 13.2. The van der Waals surface area contributed by atoms with Crippen LogP contribution in [0.1, 0.15) is 0 Å². The molecule has 0 saturated heterocycles. The molecule has 5 nitrogen and oxygen atoms in total. The average Bonchev–Trinajstić information content (AvgIpc) is 2.36. The van der Waals surface area contributed by atoms with Crippen molar-refractivity contribution in [2.45, 2.75) is 0 Å². The van der Waals surface area contributed by atoms with Crippen LogP contribution in [0.5, 0.6) is 5.75 Å². The summed E-state index contributed by atoms with van der Waals surface area (Å²) in [6.07, 6.45) is 0. The molecule has 0 fully saturated rings. The summed E-state index contributed by atoms with van der Waals surface area (Å²) in [5.74, 6) is 0.728. The summed E-state index contributed by atoms with van der Waals surface area (Å²) in [5.41, 5.74) is 0. The lowest BCUT2D eigenvalue weighted by atomic mass is 10.3. The zero-order chi connectivity index (χ0) is 13.2. The molecule has 0 spiro atoms. The number of aliphatic hydroxyl groups is 1. The van der Waals surface area contributed by atoms with Gasteiger partial charge in [0.05, 0.1) is 19.7 Å². The molecule has 0 bridgehead atoms. The van der Waals surface area contributed by atoms with Crippen molar-refractivity contribution in [1.29, 1.82) is 0 Å². The van der Waals surface area contributed by atoms with Gasteiger partial charge in [0.1, 0.15) is 12.4 Å². The molecule has 0 aliphatic heterocycles. The number of hydrogen-bond acceptors (Lipinski definition) is 4. The van der Waals surface area contributed by atoms with Gasteiger partial charge in [0.2, 0.25) is 5.91 Å². The molecular weight excluding hydrogens is 232 g/mol. The van der Waals surface area contributed by atoms with Crippen LogP contribution in [-0.4, -0.2) is 55.8 Å². The van der Waals surface area contributed by atoms with Crippen molar-refractivity contribution in [3.63, 3.8) is 0 Å². The Morgan fingerprint density at radius 3 is 2.78 bits per heavy atom. The molecule has 0 atom stereocenters. The number of ether oxygens (including phenoxy) is 1. The Morgan fingerprint density at radius 2 is 2.11 bits per heavy atom. The molecule has 1 rings (SSSR count). The SMILES string of the molecule is CN(CCO)CC(=O)NCCOc1ccccc1. The largest absolute Gasteiger partial charge is 0.492 e. The minimum Gasteiger partial charge on any atom is -0.492 e. The Morgan fingerprint density at radius 1 is 1.39 bits per heavy atom. The minimum atomic E-state index is -0.0670. The van der Waals surface area contributed by atoms with Crippen LogP contribution >= 0.6 is 0 Å². The molecule has 0 aliphatic rings. The topological polar surface area (TPSA) is 61.8 Å². The van der Waals surface area contributed by atoms with Crippen molar-refractivity contribution >= 4 is 5.91 Å². The Kier molecular flexibility index (Phi) is 6.83. The normalized spacial score (nSPS) is 10.4. The number of nitrogens with one attached hydrogen (secondary N) is 1. The van der Waals surface area contributed by atoms with Crippen LogP contribution in [0.25, 0.3) is 0 Å². The third-order valence-electron chi connectivity index (χ3n) is 2.33. The van der Waals surface area contributed by atoms with Crippen molar-refractivity contribution in [3.05, 3.63) is 30.3 Å². The van der Waals surface area contributed by atoms with Crippen LogP contribution < -0.4 is 10.1 Å². The molecule has 0 saturated carbocycles. The van der Waals surface area contributed by atoms with E-state index in [0.29, 0.717) is 19.7 Å². The first-order valence-corrected chi connectivity index (χ1v) is 5.96. The molecule has 0 unspecified atom stereocenters. The summed E-state index contributed by atoms with van der Waals surface area (Å²) in [6, 6.07) is 9.47. The number of amides is 1. The summed E-state index contributed by atoms with van der Waals surface area (Å²) in [6.45, 7) is 1.75. The zero-order valence-corrected chi connectivity index (χ0v) is 10.6. The third kappa shape index (κ3) is 6.22. The number of carbonyl (C=O) groups excluding carboxylic acids is 1. The van der Waals surface area contributed by atoms with E-state index < -0.39 is 0 Å². The zero-order valence-electron chi connectivity index (χ0n) is 10.6. The van der Waals surface area contributed by atoms with Crippen LogP contribution in [0.4, 0.5) is 0 Å². The standard InChI is InChI=1S/C13H20N2O3/c1-15(8-9-16)11-13(17)14-7-10-18-12-5-3-2-4-6-12/h2-6,16H,7-11H2,1H3,(H,14,17). The maximum absolute atomic E-state index is 11.4. The monoisotopic (exact) mass is 252 g/mol. The highest BCUT2D eigenvalue weighted by Crippen LogP contribution is 2.07. The number of hydrogen-bond donors (Lipinski definition) is 2. The maximum Gasteiger partial charge on any atom is 0.234 e. The lowest BCUT2D eigenvalue weighted by Crippen LogP contribution is -2.38. The van der Waals surface area contributed by atoms with E-state index in [1.165, 1.54) is 0 Å². The first kappa shape index (κ1) is 14.5. The molecule has 0 aromatic heterocycles. The molecule has 18 heavy (non-hydrogen) atoms. The van der Waals surface area contributed by atoms with Gasteiger partial charge >= 0.3 is 0 Å². The van der Waals surface area contributed by atoms with Crippen LogP contribution in [0.3, 0.4) is 0 Å².